The second-order valence-electron chi connectivity index (χ2n) is 8.20. The Bertz CT molecular complexity index is 952. The summed E-state index contributed by atoms with van der Waals surface area (Å²) in [5.74, 6) is 0.717. The number of nitrogens with zero attached hydrogens (tertiary/aromatic N) is 1. The molecule has 0 radical (unpaired) electrons. The van der Waals surface area contributed by atoms with Gasteiger partial charge in [0.1, 0.15) is 6.04 Å². The van der Waals surface area contributed by atoms with E-state index in [9.17, 15) is 4.79 Å². The zero-order valence-electron chi connectivity index (χ0n) is 16.1. The van der Waals surface area contributed by atoms with Crippen LogP contribution in [0.25, 0.3) is 10.9 Å². The predicted molar refractivity (Wildman–Crippen MR) is 112 cm³/mol. The molecule has 1 aromatic heterocycles. The van der Waals surface area contributed by atoms with Crippen molar-refractivity contribution in [3.63, 3.8) is 0 Å². The van der Waals surface area contributed by atoms with Crippen LogP contribution in [0.4, 0.5) is 0 Å². The summed E-state index contributed by atoms with van der Waals surface area (Å²) in [7, 11) is 0. The second-order valence-corrected chi connectivity index (χ2v) is 8.20. The van der Waals surface area contributed by atoms with Gasteiger partial charge >= 0.3 is 0 Å². The van der Waals surface area contributed by atoms with Gasteiger partial charge in [-0.1, -0.05) is 48.5 Å². The van der Waals surface area contributed by atoms with Crippen LogP contribution in [0.1, 0.15) is 48.8 Å². The van der Waals surface area contributed by atoms with E-state index in [0.717, 1.165) is 44.3 Å². The molecule has 28 heavy (non-hydrogen) atoms. The summed E-state index contributed by atoms with van der Waals surface area (Å²) in [6.07, 6.45) is 6.59. The van der Waals surface area contributed by atoms with E-state index in [1.54, 1.807) is 0 Å². The fourth-order valence-electron chi connectivity index (χ4n) is 4.57. The number of nitrogens with one attached hydrogen (secondary N) is 2. The Morgan fingerprint density at radius 2 is 1.68 bits per heavy atom. The molecule has 4 heteroatoms. The van der Waals surface area contributed by atoms with E-state index in [0.29, 0.717) is 12.0 Å². The highest BCUT2D eigenvalue weighted by Crippen LogP contribution is 2.36. The number of carbonyl (C=O) groups excluding carboxylic acids is 1. The summed E-state index contributed by atoms with van der Waals surface area (Å²) in [5.41, 5.74) is 3.74. The molecule has 0 bridgehead atoms. The molecule has 1 aliphatic heterocycles. The SMILES string of the molecule is O=C(NC1CC1)[C@H](c1ccccc1)N1CCC(c2c[nH]c3ccccc23)CC1. The third-order valence-corrected chi connectivity index (χ3v) is 6.24. The highest BCUT2D eigenvalue weighted by Gasteiger charge is 2.34. The molecule has 1 amide bonds. The lowest BCUT2D eigenvalue weighted by Gasteiger charge is -2.37. The van der Waals surface area contributed by atoms with Crippen LogP contribution in [0.3, 0.4) is 0 Å². The first-order valence-corrected chi connectivity index (χ1v) is 10.4. The van der Waals surface area contributed by atoms with Gasteiger partial charge in [-0.3, -0.25) is 9.69 Å². The lowest BCUT2D eigenvalue weighted by molar-refractivity contribution is -0.127. The fraction of sp³-hybridized carbons (Fsp3) is 0.375. The minimum absolute atomic E-state index is 0.166. The Balaban J connectivity index is 1.33. The molecule has 0 spiro atoms. The Hall–Kier alpha value is -2.59. The summed E-state index contributed by atoms with van der Waals surface area (Å²) >= 11 is 0. The largest absolute Gasteiger partial charge is 0.361 e. The smallest absolute Gasteiger partial charge is 0.242 e. The number of rotatable bonds is 5. The summed E-state index contributed by atoms with van der Waals surface area (Å²) in [6, 6.07) is 19.0. The number of benzene rings is 2. The van der Waals surface area contributed by atoms with Crippen LogP contribution in [0.5, 0.6) is 0 Å². The molecule has 5 rings (SSSR count). The molecular weight excluding hydrogens is 346 g/mol. The van der Waals surface area contributed by atoms with Gasteiger partial charge in [0.25, 0.3) is 0 Å². The second kappa shape index (κ2) is 7.44. The Morgan fingerprint density at radius 3 is 2.43 bits per heavy atom. The summed E-state index contributed by atoms with van der Waals surface area (Å²) in [4.78, 5) is 18.8. The maximum atomic E-state index is 13.0. The topological polar surface area (TPSA) is 48.1 Å². The van der Waals surface area contributed by atoms with Crippen molar-refractivity contribution in [1.82, 2.24) is 15.2 Å². The molecule has 2 aliphatic rings. The van der Waals surface area contributed by atoms with Crippen molar-refractivity contribution in [2.24, 2.45) is 0 Å². The first kappa shape index (κ1) is 17.5. The van der Waals surface area contributed by atoms with E-state index >= 15 is 0 Å². The van der Waals surface area contributed by atoms with Crippen molar-refractivity contribution in [3.8, 4) is 0 Å². The zero-order chi connectivity index (χ0) is 18.9. The van der Waals surface area contributed by atoms with E-state index in [1.807, 2.05) is 18.2 Å². The van der Waals surface area contributed by atoms with Gasteiger partial charge < -0.3 is 10.3 Å². The monoisotopic (exact) mass is 373 g/mol. The number of aromatic nitrogens is 1. The Labute approximate surface area is 165 Å². The lowest BCUT2D eigenvalue weighted by Crippen LogP contribution is -2.44. The fourth-order valence-corrected chi connectivity index (χ4v) is 4.57. The van der Waals surface area contributed by atoms with Crippen LogP contribution in [0.15, 0.2) is 60.8 Å². The number of hydrogen-bond acceptors (Lipinski definition) is 2. The molecule has 1 atom stereocenters. The average Bonchev–Trinajstić information content (AvgIpc) is 3.45. The predicted octanol–water partition coefficient (Wildman–Crippen LogP) is 4.37. The molecule has 2 N–H and O–H groups in total. The van der Waals surface area contributed by atoms with E-state index in [-0.39, 0.29) is 11.9 Å². The number of amides is 1. The highest BCUT2D eigenvalue weighted by atomic mass is 16.2. The van der Waals surface area contributed by atoms with Gasteiger partial charge in [-0.05, 0) is 61.9 Å². The minimum Gasteiger partial charge on any atom is -0.361 e. The van der Waals surface area contributed by atoms with E-state index in [1.165, 1.54) is 16.5 Å². The molecule has 144 valence electrons. The third-order valence-electron chi connectivity index (χ3n) is 6.24. The molecule has 2 heterocycles. The number of likely N-dealkylation sites (tertiary alicyclic amines) is 1. The number of piperidine rings is 1. The van der Waals surface area contributed by atoms with Gasteiger partial charge in [0.05, 0.1) is 0 Å². The highest BCUT2D eigenvalue weighted by molar-refractivity contribution is 5.84. The first-order valence-electron chi connectivity index (χ1n) is 10.4. The first-order chi connectivity index (χ1) is 13.8. The molecule has 0 unspecified atom stereocenters. The van der Waals surface area contributed by atoms with Gasteiger partial charge in [0.15, 0.2) is 0 Å². The molecule has 1 saturated carbocycles. The minimum atomic E-state index is -0.175. The third kappa shape index (κ3) is 3.45. The molecule has 4 nitrogen and oxygen atoms in total. The lowest BCUT2D eigenvalue weighted by atomic mass is 9.88. The Morgan fingerprint density at radius 1 is 0.964 bits per heavy atom. The van der Waals surface area contributed by atoms with Crippen LogP contribution < -0.4 is 5.32 Å². The number of aromatic amines is 1. The van der Waals surface area contributed by atoms with Crippen LogP contribution in [-0.2, 0) is 4.79 Å². The van der Waals surface area contributed by atoms with Gasteiger partial charge in [0, 0.05) is 23.1 Å². The maximum Gasteiger partial charge on any atom is 0.242 e. The normalized spacial score (nSPS) is 19.6. The number of carbonyl (C=O) groups is 1. The van der Waals surface area contributed by atoms with Crippen LogP contribution >= 0.6 is 0 Å². The zero-order valence-corrected chi connectivity index (χ0v) is 16.1. The quantitative estimate of drug-likeness (QED) is 0.698. The van der Waals surface area contributed by atoms with Crippen molar-refractivity contribution in [2.75, 3.05) is 13.1 Å². The van der Waals surface area contributed by atoms with Crippen molar-refractivity contribution in [2.45, 2.75) is 43.7 Å². The molecule has 1 aliphatic carbocycles. The Kier molecular flexibility index (Phi) is 4.65. The van der Waals surface area contributed by atoms with Crippen LogP contribution in [0, 0.1) is 0 Å². The molecule has 2 fully saturated rings. The number of para-hydroxylation sites is 1. The maximum absolute atomic E-state index is 13.0. The number of fused-ring (bicyclic) bond motifs is 1. The standard InChI is InChI=1S/C24H27N3O/c28-24(26-19-10-11-19)23(18-6-2-1-3-7-18)27-14-12-17(13-15-27)21-16-25-22-9-5-4-8-20(21)22/h1-9,16-17,19,23,25H,10-15H2,(H,26,28)/t23-/m0/s1. The van der Waals surface area contributed by atoms with Gasteiger partial charge in [-0.15, -0.1) is 0 Å². The summed E-state index contributed by atoms with van der Waals surface area (Å²) in [5, 5.41) is 4.57. The van der Waals surface area contributed by atoms with Crippen molar-refractivity contribution in [1.29, 1.82) is 0 Å². The van der Waals surface area contributed by atoms with Crippen molar-refractivity contribution < 1.29 is 4.79 Å². The summed E-state index contributed by atoms with van der Waals surface area (Å²) in [6.45, 7) is 1.89. The van der Waals surface area contributed by atoms with Crippen LogP contribution in [0.2, 0.25) is 0 Å². The number of hydrogen-bond donors (Lipinski definition) is 2. The molecular formula is C24H27N3O. The van der Waals surface area contributed by atoms with E-state index in [4.69, 9.17) is 0 Å². The molecule has 2 aromatic carbocycles. The van der Waals surface area contributed by atoms with Gasteiger partial charge in [0.2, 0.25) is 5.91 Å². The molecule has 1 saturated heterocycles. The van der Waals surface area contributed by atoms with E-state index < -0.39 is 0 Å². The molecule has 3 aromatic rings. The van der Waals surface area contributed by atoms with Gasteiger partial charge in [-0.25, -0.2) is 0 Å². The van der Waals surface area contributed by atoms with Crippen LogP contribution in [-0.4, -0.2) is 34.9 Å². The summed E-state index contributed by atoms with van der Waals surface area (Å²) < 4.78 is 0. The van der Waals surface area contributed by atoms with Crippen molar-refractivity contribution in [3.05, 3.63) is 71.9 Å². The number of H-pyrrole nitrogens is 1. The van der Waals surface area contributed by atoms with E-state index in [2.05, 4.69) is 57.8 Å². The average molecular weight is 374 g/mol. The van der Waals surface area contributed by atoms with Gasteiger partial charge in [-0.2, -0.15) is 0 Å². The van der Waals surface area contributed by atoms with Crippen molar-refractivity contribution >= 4 is 16.8 Å².